The van der Waals surface area contributed by atoms with Crippen LogP contribution >= 0.6 is 0 Å². The minimum Gasteiger partial charge on any atom is -0.355 e. The third-order valence-corrected chi connectivity index (χ3v) is 6.62. The maximum atomic E-state index is 3.64. The van der Waals surface area contributed by atoms with Gasteiger partial charge >= 0.3 is 0 Å². The smallest absolute Gasteiger partial charge is 0.0913 e. The normalized spacial score (nSPS) is 30.4. The van der Waals surface area contributed by atoms with E-state index in [4.69, 9.17) is 0 Å². The highest BCUT2D eigenvalue weighted by molar-refractivity contribution is 5.32. The first-order valence-corrected chi connectivity index (χ1v) is 11.0. The van der Waals surface area contributed by atoms with Gasteiger partial charge in [-0.1, -0.05) is 53.4 Å². The van der Waals surface area contributed by atoms with Gasteiger partial charge in [-0.3, -0.25) is 0 Å². The molecule has 3 unspecified atom stereocenters. The molecule has 4 rings (SSSR count). The summed E-state index contributed by atoms with van der Waals surface area (Å²) in [5.41, 5.74) is 4.59. The fourth-order valence-electron chi connectivity index (χ4n) is 4.98. The van der Waals surface area contributed by atoms with E-state index in [1.165, 1.54) is 63.5 Å². The maximum Gasteiger partial charge on any atom is 0.0913 e. The zero-order valence-electron chi connectivity index (χ0n) is 16.8. The Kier molecular flexibility index (Phi) is 6.03. The van der Waals surface area contributed by atoms with E-state index < -0.39 is 0 Å². The lowest BCUT2D eigenvalue weighted by atomic mass is 9.82. The number of hydrogen-bond acceptors (Lipinski definition) is 1. The summed E-state index contributed by atoms with van der Waals surface area (Å²) in [5.74, 6) is 7.83. The van der Waals surface area contributed by atoms with Crippen LogP contribution < -0.4 is 0 Å². The maximum absolute atomic E-state index is 3.64. The lowest BCUT2D eigenvalue weighted by Crippen LogP contribution is -2.42. The van der Waals surface area contributed by atoms with E-state index >= 15 is 0 Å². The van der Waals surface area contributed by atoms with Crippen molar-refractivity contribution in [3.8, 4) is 11.8 Å². The molecule has 1 heteroatoms. The zero-order valence-corrected chi connectivity index (χ0v) is 16.8. The van der Waals surface area contributed by atoms with Gasteiger partial charge in [0.1, 0.15) is 0 Å². The highest BCUT2D eigenvalue weighted by Crippen LogP contribution is 2.34. The SMILES string of the molecule is CC1=CCC(C2=CC#CC(N(C3=CCCC=C3)C3CC=CCC3)CC2)CC1. The molecule has 4 aliphatic rings. The lowest BCUT2D eigenvalue weighted by Gasteiger charge is -2.40. The Morgan fingerprint density at radius 2 is 1.89 bits per heavy atom. The van der Waals surface area contributed by atoms with Crippen LogP contribution in [0.2, 0.25) is 0 Å². The lowest BCUT2D eigenvalue weighted by molar-refractivity contribution is 0.202. The van der Waals surface area contributed by atoms with Gasteiger partial charge in [-0.05, 0) is 89.2 Å². The summed E-state index contributed by atoms with van der Waals surface area (Å²) in [7, 11) is 0. The molecule has 0 saturated carbocycles. The van der Waals surface area contributed by atoms with Gasteiger partial charge in [-0.2, -0.15) is 0 Å². The summed E-state index contributed by atoms with van der Waals surface area (Å²) in [5, 5.41) is 0. The zero-order chi connectivity index (χ0) is 18.5. The average molecular weight is 360 g/mol. The molecule has 0 aliphatic heterocycles. The standard InChI is InChI=1S/C26H33N/c1-21-15-17-23(18-16-21)22-9-8-14-26(20-19-22)27(24-10-4-2-5-11-24)25-12-6-3-7-13-25/h2,4,6,9,12-13,15,23-24,26H,3,5,7,10-11,16-20H2,1H3. The minimum absolute atomic E-state index is 0.352. The Bertz CT molecular complexity index is 749. The molecule has 0 bridgehead atoms. The molecule has 0 aromatic carbocycles. The van der Waals surface area contributed by atoms with E-state index in [9.17, 15) is 0 Å². The summed E-state index contributed by atoms with van der Waals surface area (Å²) < 4.78 is 0. The van der Waals surface area contributed by atoms with Crippen LogP contribution in [0.25, 0.3) is 0 Å². The molecule has 0 spiro atoms. The second kappa shape index (κ2) is 8.83. The molecule has 1 nitrogen and oxygen atoms in total. The molecule has 27 heavy (non-hydrogen) atoms. The Balaban J connectivity index is 1.50. The van der Waals surface area contributed by atoms with E-state index in [1.54, 1.807) is 11.1 Å². The molecular weight excluding hydrogens is 326 g/mol. The topological polar surface area (TPSA) is 3.24 Å². The van der Waals surface area contributed by atoms with Crippen molar-refractivity contribution in [2.24, 2.45) is 5.92 Å². The van der Waals surface area contributed by atoms with Gasteiger partial charge in [0, 0.05) is 11.7 Å². The summed E-state index contributed by atoms with van der Waals surface area (Å²) >= 11 is 0. The van der Waals surface area contributed by atoms with E-state index in [2.05, 4.69) is 66.2 Å². The second-order valence-corrected chi connectivity index (χ2v) is 8.54. The van der Waals surface area contributed by atoms with Gasteiger partial charge in [0.15, 0.2) is 0 Å². The summed E-state index contributed by atoms with van der Waals surface area (Å²) in [6, 6.07) is 0.954. The molecule has 0 aromatic rings. The van der Waals surface area contributed by atoms with E-state index in [1.807, 2.05) is 0 Å². The molecule has 0 heterocycles. The summed E-state index contributed by atoms with van der Waals surface area (Å²) in [4.78, 5) is 2.67. The molecule has 4 aliphatic carbocycles. The van der Waals surface area contributed by atoms with Crippen LogP contribution in [0.1, 0.15) is 71.1 Å². The summed E-state index contributed by atoms with van der Waals surface area (Å²) in [6.07, 6.45) is 28.7. The molecule has 142 valence electrons. The van der Waals surface area contributed by atoms with Crippen LogP contribution in [0.15, 0.2) is 59.4 Å². The molecule has 0 N–H and O–H groups in total. The van der Waals surface area contributed by atoms with Crippen molar-refractivity contribution in [2.45, 2.75) is 83.2 Å². The molecule has 3 atom stereocenters. The fourth-order valence-corrected chi connectivity index (χ4v) is 4.98. The minimum atomic E-state index is 0.352. The van der Waals surface area contributed by atoms with Crippen LogP contribution in [-0.2, 0) is 0 Å². The van der Waals surface area contributed by atoms with Crippen LogP contribution in [0.3, 0.4) is 0 Å². The van der Waals surface area contributed by atoms with Gasteiger partial charge in [0.05, 0.1) is 6.04 Å². The van der Waals surface area contributed by atoms with Gasteiger partial charge in [0.2, 0.25) is 0 Å². The Labute approximate surface area is 165 Å². The third-order valence-electron chi connectivity index (χ3n) is 6.62. The summed E-state index contributed by atoms with van der Waals surface area (Å²) in [6.45, 7) is 2.27. The van der Waals surface area contributed by atoms with Gasteiger partial charge in [-0.25, -0.2) is 0 Å². The van der Waals surface area contributed by atoms with E-state index in [0.29, 0.717) is 12.1 Å². The Morgan fingerprint density at radius 3 is 2.63 bits per heavy atom. The van der Waals surface area contributed by atoms with Crippen LogP contribution in [0.5, 0.6) is 0 Å². The van der Waals surface area contributed by atoms with Crippen LogP contribution in [0, 0.1) is 17.8 Å². The first kappa shape index (κ1) is 18.4. The molecule has 0 amide bonds. The Hall–Kier alpha value is -1.94. The quantitative estimate of drug-likeness (QED) is 0.411. The predicted octanol–water partition coefficient (Wildman–Crippen LogP) is 6.47. The molecule has 0 radical (unpaired) electrons. The molecule has 0 fully saturated rings. The number of hydrogen-bond donors (Lipinski definition) is 0. The molecular formula is C26H33N. The number of nitrogens with zero attached hydrogens (tertiary/aromatic N) is 1. The number of allylic oxidation sites excluding steroid dienone is 8. The molecule has 0 aromatic heterocycles. The second-order valence-electron chi connectivity index (χ2n) is 8.54. The molecule has 0 saturated heterocycles. The van der Waals surface area contributed by atoms with Crippen LogP contribution in [-0.4, -0.2) is 17.0 Å². The van der Waals surface area contributed by atoms with E-state index in [-0.39, 0.29) is 0 Å². The fraction of sp³-hybridized carbons (Fsp3) is 0.538. The monoisotopic (exact) mass is 359 g/mol. The first-order valence-electron chi connectivity index (χ1n) is 11.0. The van der Waals surface area contributed by atoms with Crippen molar-refractivity contribution < 1.29 is 0 Å². The van der Waals surface area contributed by atoms with Gasteiger partial charge < -0.3 is 4.90 Å². The highest BCUT2D eigenvalue weighted by Gasteiger charge is 2.28. The van der Waals surface area contributed by atoms with Crippen molar-refractivity contribution >= 4 is 0 Å². The highest BCUT2D eigenvalue weighted by atomic mass is 15.2. The van der Waals surface area contributed by atoms with Crippen molar-refractivity contribution in [1.82, 2.24) is 4.90 Å². The Morgan fingerprint density at radius 1 is 0.926 bits per heavy atom. The largest absolute Gasteiger partial charge is 0.355 e. The van der Waals surface area contributed by atoms with E-state index in [0.717, 1.165) is 12.3 Å². The predicted molar refractivity (Wildman–Crippen MR) is 115 cm³/mol. The first-order chi connectivity index (χ1) is 13.3. The van der Waals surface area contributed by atoms with Crippen molar-refractivity contribution in [3.63, 3.8) is 0 Å². The third kappa shape index (κ3) is 4.49. The van der Waals surface area contributed by atoms with Gasteiger partial charge in [-0.15, -0.1) is 0 Å². The van der Waals surface area contributed by atoms with Gasteiger partial charge in [0.25, 0.3) is 0 Å². The van der Waals surface area contributed by atoms with Crippen molar-refractivity contribution in [1.29, 1.82) is 0 Å². The van der Waals surface area contributed by atoms with Crippen molar-refractivity contribution in [3.05, 3.63) is 59.4 Å². The number of rotatable bonds is 4. The van der Waals surface area contributed by atoms with Crippen molar-refractivity contribution in [2.75, 3.05) is 0 Å². The van der Waals surface area contributed by atoms with Crippen LogP contribution in [0.4, 0.5) is 0 Å². The average Bonchev–Trinajstić information content (AvgIpc) is 2.97.